The largest absolute Gasteiger partial charge is 0.399 e. The first-order chi connectivity index (χ1) is 5.41. The zero-order valence-corrected chi connectivity index (χ0v) is 7.26. The number of hydrogen-bond acceptors (Lipinski definition) is 2. The maximum atomic E-state index is 4.44. The maximum Gasteiger partial charge on any atom is 0.116 e. The lowest BCUT2D eigenvalue weighted by molar-refractivity contribution is 0.216. The molecule has 0 atom stereocenters. The summed E-state index contributed by atoms with van der Waals surface area (Å²) in [7, 11) is 1.51. The van der Waals surface area contributed by atoms with Gasteiger partial charge in [0, 0.05) is 6.42 Å². The van der Waals surface area contributed by atoms with Crippen molar-refractivity contribution in [2.75, 3.05) is 7.11 Å². The molecule has 0 N–H and O–H groups in total. The molecule has 0 aliphatic heterocycles. The summed E-state index contributed by atoms with van der Waals surface area (Å²) >= 11 is 0. The van der Waals surface area contributed by atoms with Gasteiger partial charge in [-0.25, -0.2) is 0 Å². The molecule has 2 heteroatoms. The second-order valence-electron chi connectivity index (χ2n) is 2.20. The van der Waals surface area contributed by atoms with E-state index in [1.54, 1.807) is 0 Å². The van der Waals surface area contributed by atoms with Crippen molar-refractivity contribution in [3.05, 3.63) is 0 Å². The smallest absolute Gasteiger partial charge is 0.116 e. The summed E-state index contributed by atoms with van der Waals surface area (Å²) in [5.41, 5.74) is 0. The molecule has 0 aromatic heterocycles. The Balaban J connectivity index is 3.19. The highest BCUT2D eigenvalue weighted by atomic mass is 16.6. The van der Waals surface area contributed by atoms with Crippen molar-refractivity contribution < 1.29 is 4.84 Å². The lowest BCUT2D eigenvalue weighted by Gasteiger charge is -1.87. The van der Waals surface area contributed by atoms with E-state index in [1.807, 2.05) is 0 Å². The van der Waals surface area contributed by atoms with Gasteiger partial charge in [0.25, 0.3) is 0 Å². The number of rotatable bonds is 4. The summed E-state index contributed by atoms with van der Waals surface area (Å²) in [5, 5.41) is 3.49. The Kier molecular flexibility index (Phi) is 8.23. The van der Waals surface area contributed by atoms with Crippen molar-refractivity contribution in [1.29, 1.82) is 0 Å². The number of oxime groups is 1. The second kappa shape index (κ2) is 9.03. The third-order valence-electron chi connectivity index (χ3n) is 1.23. The van der Waals surface area contributed by atoms with Crippen LogP contribution in [0.15, 0.2) is 5.16 Å². The standard InChI is InChI=1S/C9H15NO/c1-3-4-5-6-7-8-9-10-11-2/h9H,3-6H2,1-2H3. The normalized spacial score (nSPS) is 9.27. The highest BCUT2D eigenvalue weighted by Gasteiger charge is 1.79. The van der Waals surface area contributed by atoms with Gasteiger partial charge in [0.1, 0.15) is 13.3 Å². The molecular formula is C9H15NO. The van der Waals surface area contributed by atoms with Gasteiger partial charge in [0.05, 0.1) is 0 Å². The van der Waals surface area contributed by atoms with Crippen molar-refractivity contribution in [2.24, 2.45) is 5.16 Å². The topological polar surface area (TPSA) is 21.6 Å². The van der Waals surface area contributed by atoms with Crippen LogP contribution in [0.3, 0.4) is 0 Å². The number of hydrogen-bond donors (Lipinski definition) is 0. The molecule has 0 amide bonds. The Morgan fingerprint density at radius 2 is 2.27 bits per heavy atom. The van der Waals surface area contributed by atoms with Crippen LogP contribution in [0.4, 0.5) is 0 Å². The minimum Gasteiger partial charge on any atom is -0.399 e. The molecule has 0 saturated carbocycles. The van der Waals surface area contributed by atoms with Crippen molar-refractivity contribution in [3.8, 4) is 11.8 Å². The van der Waals surface area contributed by atoms with Gasteiger partial charge < -0.3 is 4.84 Å². The summed E-state index contributed by atoms with van der Waals surface area (Å²) < 4.78 is 0. The van der Waals surface area contributed by atoms with Gasteiger partial charge in [-0.1, -0.05) is 36.8 Å². The van der Waals surface area contributed by atoms with Crippen LogP contribution in [0, 0.1) is 11.8 Å². The fraction of sp³-hybridized carbons (Fsp3) is 0.667. The highest BCUT2D eigenvalue weighted by molar-refractivity contribution is 5.77. The van der Waals surface area contributed by atoms with Gasteiger partial charge in [0.2, 0.25) is 0 Å². The fourth-order valence-corrected chi connectivity index (χ4v) is 0.660. The molecule has 0 aromatic rings. The van der Waals surface area contributed by atoms with Crippen LogP contribution < -0.4 is 0 Å². The van der Waals surface area contributed by atoms with E-state index in [4.69, 9.17) is 0 Å². The second-order valence-corrected chi connectivity index (χ2v) is 2.20. The van der Waals surface area contributed by atoms with Crippen LogP contribution in [-0.4, -0.2) is 13.3 Å². The first-order valence-electron chi connectivity index (χ1n) is 3.95. The molecule has 0 aliphatic rings. The minimum absolute atomic E-state index is 0.962. The molecule has 0 rings (SSSR count). The van der Waals surface area contributed by atoms with Gasteiger partial charge in [-0.15, -0.1) is 0 Å². The predicted octanol–water partition coefficient (Wildman–Crippen LogP) is 2.20. The quantitative estimate of drug-likeness (QED) is 0.262. The molecule has 0 radical (unpaired) electrons. The average Bonchev–Trinajstić information content (AvgIpc) is 2.03. The van der Waals surface area contributed by atoms with E-state index in [-0.39, 0.29) is 0 Å². The Morgan fingerprint density at radius 1 is 1.45 bits per heavy atom. The minimum atomic E-state index is 0.962. The highest BCUT2D eigenvalue weighted by Crippen LogP contribution is 1.96. The zero-order chi connectivity index (χ0) is 8.36. The van der Waals surface area contributed by atoms with Crippen LogP contribution in [0.25, 0.3) is 0 Å². The Bertz CT molecular complexity index is 153. The van der Waals surface area contributed by atoms with Crippen molar-refractivity contribution in [3.63, 3.8) is 0 Å². The van der Waals surface area contributed by atoms with Crippen molar-refractivity contribution in [2.45, 2.75) is 32.6 Å². The third kappa shape index (κ3) is 9.03. The first kappa shape index (κ1) is 10.0. The molecule has 0 aromatic carbocycles. The van der Waals surface area contributed by atoms with Crippen LogP contribution in [0.2, 0.25) is 0 Å². The molecule has 0 aliphatic carbocycles. The summed E-state index contributed by atoms with van der Waals surface area (Å²) in [5.74, 6) is 5.75. The van der Waals surface area contributed by atoms with E-state index in [2.05, 4.69) is 28.8 Å². The summed E-state index contributed by atoms with van der Waals surface area (Å²) in [6, 6.07) is 0. The number of unbranched alkanes of at least 4 members (excludes halogenated alkanes) is 3. The molecule has 0 fully saturated rings. The molecule has 62 valence electrons. The Morgan fingerprint density at radius 3 is 2.91 bits per heavy atom. The van der Waals surface area contributed by atoms with Gasteiger partial charge in [-0.3, -0.25) is 0 Å². The molecule has 0 heterocycles. The average molecular weight is 153 g/mol. The molecule has 0 bridgehead atoms. The molecule has 0 saturated heterocycles. The maximum absolute atomic E-state index is 4.44. The van der Waals surface area contributed by atoms with Crippen LogP contribution in [-0.2, 0) is 4.84 Å². The van der Waals surface area contributed by atoms with Gasteiger partial charge >= 0.3 is 0 Å². The van der Waals surface area contributed by atoms with E-state index in [0.29, 0.717) is 0 Å². The Labute approximate surface area is 68.6 Å². The van der Waals surface area contributed by atoms with Crippen molar-refractivity contribution in [1.82, 2.24) is 0 Å². The van der Waals surface area contributed by atoms with Gasteiger partial charge in [-0.05, 0) is 6.42 Å². The molecule has 0 spiro atoms. The van der Waals surface area contributed by atoms with E-state index in [9.17, 15) is 0 Å². The predicted molar refractivity (Wildman–Crippen MR) is 47.4 cm³/mol. The lowest BCUT2D eigenvalue weighted by atomic mass is 10.2. The van der Waals surface area contributed by atoms with Crippen LogP contribution in [0.5, 0.6) is 0 Å². The molecule has 2 nitrogen and oxygen atoms in total. The third-order valence-corrected chi connectivity index (χ3v) is 1.23. The van der Waals surface area contributed by atoms with Crippen molar-refractivity contribution >= 4 is 6.21 Å². The lowest BCUT2D eigenvalue weighted by Crippen LogP contribution is -1.72. The van der Waals surface area contributed by atoms with Crippen LogP contribution in [0.1, 0.15) is 32.6 Å². The van der Waals surface area contributed by atoms with E-state index in [0.717, 1.165) is 6.42 Å². The van der Waals surface area contributed by atoms with Gasteiger partial charge in [-0.2, -0.15) is 0 Å². The van der Waals surface area contributed by atoms with E-state index >= 15 is 0 Å². The SMILES string of the molecule is CCCCCC#CC=NOC. The van der Waals surface area contributed by atoms with E-state index in [1.165, 1.54) is 32.6 Å². The summed E-state index contributed by atoms with van der Waals surface area (Å²) in [6.45, 7) is 2.18. The first-order valence-corrected chi connectivity index (χ1v) is 3.95. The Hall–Kier alpha value is -0.970. The van der Waals surface area contributed by atoms with E-state index < -0.39 is 0 Å². The summed E-state index contributed by atoms with van der Waals surface area (Å²) in [6.07, 6.45) is 6.13. The molecule has 11 heavy (non-hydrogen) atoms. The summed E-state index contributed by atoms with van der Waals surface area (Å²) in [4.78, 5) is 4.44. The monoisotopic (exact) mass is 153 g/mol. The van der Waals surface area contributed by atoms with Gasteiger partial charge in [0.15, 0.2) is 0 Å². The van der Waals surface area contributed by atoms with Crippen LogP contribution >= 0.6 is 0 Å². The number of nitrogens with zero attached hydrogens (tertiary/aromatic N) is 1. The fourth-order valence-electron chi connectivity index (χ4n) is 0.660. The molecular weight excluding hydrogens is 138 g/mol. The molecule has 0 unspecified atom stereocenters. The zero-order valence-electron chi connectivity index (χ0n) is 7.26.